The summed E-state index contributed by atoms with van der Waals surface area (Å²) in [7, 11) is 0. The fraction of sp³-hybridized carbons (Fsp3) is 0.625. The third-order valence-electron chi connectivity index (χ3n) is 3.82. The highest BCUT2D eigenvalue weighted by Crippen LogP contribution is 2.23. The largest absolute Gasteiger partial charge is 0.313 e. The maximum atomic E-state index is 6.10. The molecule has 1 fully saturated rings. The Bertz CT molecular complexity index is 417. The van der Waals surface area contributed by atoms with E-state index in [0.717, 1.165) is 26.2 Å². The smallest absolute Gasteiger partial charge is 0.0595 e. The van der Waals surface area contributed by atoms with Gasteiger partial charge in [0, 0.05) is 19.1 Å². The summed E-state index contributed by atoms with van der Waals surface area (Å²) in [6.07, 6.45) is 5.14. The molecule has 2 nitrogen and oxygen atoms in total. The molecule has 1 aliphatic heterocycles. The summed E-state index contributed by atoms with van der Waals surface area (Å²) < 4.78 is 0. The van der Waals surface area contributed by atoms with E-state index >= 15 is 0 Å². The minimum atomic E-state index is 0.631. The van der Waals surface area contributed by atoms with Gasteiger partial charge >= 0.3 is 0 Å². The number of piperidine rings is 1. The summed E-state index contributed by atoms with van der Waals surface area (Å²) in [6, 6.07) is 6.59. The number of halogens is 2. The molecule has 1 aromatic rings. The van der Waals surface area contributed by atoms with E-state index in [2.05, 4.69) is 23.2 Å². The summed E-state index contributed by atoms with van der Waals surface area (Å²) in [6.45, 7) is 6.59. The second kappa shape index (κ2) is 8.23. The Kier molecular flexibility index (Phi) is 6.63. The van der Waals surface area contributed by atoms with E-state index in [9.17, 15) is 0 Å². The average Bonchev–Trinajstić information content (AvgIpc) is 2.44. The Hall–Kier alpha value is -0.280. The second-order valence-corrected chi connectivity index (χ2v) is 6.44. The zero-order valence-corrected chi connectivity index (χ0v) is 13.7. The molecule has 1 saturated heterocycles. The first-order chi connectivity index (χ1) is 9.69. The minimum Gasteiger partial charge on any atom is -0.313 e. The molecule has 1 N–H and O–H groups in total. The van der Waals surface area contributed by atoms with E-state index in [1.165, 1.54) is 31.2 Å². The first kappa shape index (κ1) is 16.1. The van der Waals surface area contributed by atoms with Crippen LogP contribution in [0.2, 0.25) is 10.0 Å². The first-order valence-electron chi connectivity index (χ1n) is 7.58. The van der Waals surface area contributed by atoms with Gasteiger partial charge in [-0.15, -0.1) is 0 Å². The maximum absolute atomic E-state index is 6.10. The third kappa shape index (κ3) is 4.92. The molecule has 0 amide bonds. The van der Waals surface area contributed by atoms with Crippen molar-refractivity contribution in [3.8, 4) is 0 Å². The molecule has 2 rings (SSSR count). The highest BCUT2D eigenvalue weighted by molar-refractivity contribution is 6.42. The lowest BCUT2D eigenvalue weighted by molar-refractivity contribution is 0.217. The summed E-state index contributed by atoms with van der Waals surface area (Å²) in [5.41, 5.74) is 1.24. The van der Waals surface area contributed by atoms with Crippen molar-refractivity contribution in [2.75, 3.05) is 19.6 Å². The first-order valence-corrected chi connectivity index (χ1v) is 8.34. The Morgan fingerprint density at radius 1 is 1.25 bits per heavy atom. The van der Waals surface area contributed by atoms with Crippen molar-refractivity contribution in [1.82, 2.24) is 10.2 Å². The van der Waals surface area contributed by atoms with E-state index in [-0.39, 0.29) is 0 Å². The van der Waals surface area contributed by atoms with E-state index < -0.39 is 0 Å². The molecule has 0 saturated carbocycles. The molecule has 1 heterocycles. The number of hydrogen-bond acceptors (Lipinski definition) is 2. The Morgan fingerprint density at radius 3 is 2.75 bits per heavy atom. The zero-order chi connectivity index (χ0) is 14.4. The minimum absolute atomic E-state index is 0.631. The van der Waals surface area contributed by atoms with Crippen molar-refractivity contribution in [2.45, 2.75) is 45.2 Å². The van der Waals surface area contributed by atoms with Gasteiger partial charge < -0.3 is 5.32 Å². The van der Waals surface area contributed by atoms with Gasteiger partial charge in [0.2, 0.25) is 0 Å². The van der Waals surface area contributed by atoms with Crippen LogP contribution in [0.1, 0.15) is 38.2 Å². The van der Waals surface area contributed by atoms with Crippen molar-refractivity contribution >= 4 is 23.2 Å². The van der Waals surface area contributed by atoms with Crippen molar-refractivity contribution < 1.29 is 0 Å². The van der Waals surface area contributed by atoms with Gasteiger partial charge in [-0.05, 0) is 50.0 Å². The second-order valence-electron chi connectivity index (χ2n) is 5.63. The highest BCUT2D eigenvalue weighted by Gasteiger charge is 2.16. The lowest BCUT2D eigenvalue weighted by Crippen LogP contribution is -2.43. The topological polar surface area (TPSA) is 15.3 Å². The number of rotatable bonds is 6. The standard InChI is InChI=1S/C16H24Cl2N2/c1-2-9-20(12-14-5-3-4-8-19-14)11-13-6-7-15(17)16(18)10-13/h6-7,10,14,19H,2-5,8-9,11-12H2,1H3. The van der Waals surface area contributed by atoms with Crippen LogP contribution >= 0.6 is 23.2 Å². The molecule has 112 valence electrons. The molecular formula is C16H24Cl2N2. The van der Waals surface area contributed by atoms with Crippen molar-refractivity contribution in [2.24, 2.45) is 0 Å². The van der Waals surface area contributed by atoms with Gasteiger partial charge in [-0.2, -0.15) is 0 Å². The summed E-state index contributed by atoms with van der Waals surface area (Å²) in [5.74, 6) is 0. The summed E-state index contributed by atoms with van der Waals surface area (Å²) in [4.78, 5) is 2.52. The normalized spacial score (nSPS) is 19.5. The number of nitrogens with one attached hydrogen (secondary N) is 1. The molecule has 1 aromatic carbocycles. The molecule has 0 radical (unpaired) electrons. The Morgan fingerprint density at radius 2 is 2.10 bits per heavy atom. The predicted octanol–water partition coefficient (Wildman–Crippen LogP) is 4.35. The molecule has 0 spiro atoms. The van der Waals surface area contributed by atoms with Crippen LogP contribution in [0.4, 0.5) is 0 Å². The number of hydrogen-bond donors (Lipinski definition) is 1. The van der Waals surface area contributed by atoms with Gasteiger partial charge in [0.1, 0.15) is 0 Å². The lowest BCUT2D eigenvalue weighted by atomic mass is 10.0. The van der Waals surface area contributed by atoms with Gasteiger partial charge in [0.15, 0.2) is 0 Å². The molecule has 1 aliphatic rings. The maximum Gasteiger partial charge on any atom is 0.0595 e. The molecule has 1 unspecified atom stereocenters. The van der Waals surface area contributed by atoms with Crippen molar-refractivity contribution in [3.63, 3.8) is 0 Å². The molecular weight excluding hydrogens is 291 g/mol. The van der Waals surface area contributed by atoms with Gasteiger partial charge in [-0.3, -0.25) is 4.90 Å². The van der Waals surface area contributed by atoms with Crippen LogP contribution in [0.15, 0.2) is 18.2 Å². The fourth-order valence-electron chi connectivity index (χ4n) is 2.84. The van der Waals surface area contributed by atoms with Gasteiger partial charge in [-0.1, -0.05) is 42.6 Å². The van der Waals surface area contributed by atoms with Crippen molar-refractivity contribution in [3.05, 3.63) is 33.8 Å². The van der Waals surface area contributed by atoms with Gasteiger partial charge in [-0.25, -0.2) is 0 Å². The van der Waals surface area contributed by atoms with Crippen molar-refractivity contribution in [1.29, 1.82) is 0 Å². The lowest BCUT2D eigenvalue weighted by Gasteiger charge is -2.30. The van der Waals surface area contributed by atoms with Crippen LogP contribution < -0.4 is 5.32 Å². The Labute approximate surface area is 132 Å². The third-order valence-corrected chi connectivity index (χ3v) is 4.56. The summed E-state index contributed by atoms with van der Waals surface area (Å²) in [5, 5.41) is 4.91. The number of nitrogens with zero attached hydrogens (tertiary/aromatic N) is 1. The van der Waals surface area contributed by atoms with Gasteiger partial charge in [0.25, 0.3) is 0 Å². The molecule has 1 atom stereocenters. The van der Waals surface area contributed by atoms with Crippen LogP contribution in [-0.4, -0.2) is 30.6 Å². The molecule has 0 aromatic heterocycles. The molecule has 0 bridgehead atoms. The van der Waals surface area contributed by atoms with Crippen LogP contribution in [0.3, 0.4) is 0 Å². The highest BCUT2D eigenvalue weighted by atomic mass is 35.5. The monoisotopic (exact) mass is 314 g/mol. The Balaban J connectivity index is 1.94. The van der Waals surface area contributed by atoms with Crippen LogP contribution in [0.25, 0.3) is 0 Å². The van der Waals surface area contributed by atoms with E-state index in [4.69, 9.17) is 23.2 Å². The van der Waals surface area contributed by atoms with E-state index in [1.807, 2.05) is 12.1 Å². The van der Waals surface area contributed by atoms with Crippen LogP contribution in [0.5, 0.6) is 0 Å². The molecule has 0 aliphatic carbocycles. The van der Waals surface area contributed by atoms with E-state index in [0.29, 0.717) is 16.1 Å². The molecule has 4 heteroatoms. The average molecular weight is 315 g/mol. The van der Waals surface area contributed by atoms with Gasteiger partial charge in [0.05, 0.1) is 10.0 Å². The van der Waals surface area contributed by atoms with Crippen LogP contribution in [0, 0.1) is 0 Å². The summed E-state index contributed by atoms with van der Waals surface area (Å²) >= 11 is 12.1. The van der Waals surface area contributed by atoms with Crippen LogP contribution in [-0.2, 0) is 6.54 Å². The van der Waals surface area contributed by atoms with E-state index in [1.54, 1.807) is 0 Å². The molecule has 20 heavy (non-hydrogen) atoms. The zero-order valence-electron chi connectivity index (χ0n) is 12.2. The quantitative estimate of drug-likeness (QED) is 0.840. The predicted molar refractivity (Wildman–Crippen MR) is 87.7 cm³/mol. The fourth-order valence-corrected chi connectivity index (χ4v) is 3.16. The number of benzene rings is 1. The SMILES string of the molecule is CCCN(Cc1ccc(Cl)c(Cl)c1)CC1CCCCN1.